The molecule has 2 amide bonds. The van der Waals surface area contributed by atoms with Crippen molar-refractivity contribution in [3.63, 3.8) is 0 Å². The van der Waals surface area contributed by atoms with Crippen molar-refractivity contribution in [2.75, 3.05) is 19.7 Å². The van der Waals surface area contributed by atoms with Gasteiger partial charge in [-0.15, -0.1) is 0 Å². The van der Waals surface area contributed by atoms with Crippen LogP contribution < -0.4 is 5.32 Å². The number of nitrogens with one attached hydrogen (secondary N) is 1. The smallest absolute Gasteiger partial charge is 0.407 e. The lowest BCUT2D eigenvalue weighted by Crippen LogP contribution is -2.58. The normalized spacial score (nSPS) is 39.7. The predicted molar refractivity (Wildman–Crippen MR) is 87.4 cm³/mol. The molecule has 1 spiro atoms. The van der Waals surface area contributed by atoms with E-state index in [0.29, 0.717) is 17.9 Å². The first-order chi connectivity index (χ1) is 11.6. The van der Waals surface area contributed by atoms with Gasteiger partial charge in [-0.25, -0.2) is 4.79 Å². The van der Waals surface area contributed by atoms with Crippen LogP contribution in [0, 0.1) is 11.8 Å². The SMILES string of the molecule is O=C1N[C@]2(CO1)C[C@H](C(=O)N1CC[C@@]3(c4ccccc4)CC3C1)C2. The minimum Gasteiger partial charge on any atom is -0.447 e. The van der Waals surface area contributed by atoms with Gasteiger partial charge in [-0.2, -0.15) is 0 Å². The number of cyclic esters (lactones) is 1. The van der Waals surface area contributed by atoms with Crippen molar-refractivity contribution in [3.05, 3.63) is 35.9 Å². The van der Waals surface area contributed by atoms with Gasteiger partial charge in [-0.1, -0.05) is 30.3 Å². The molecule has 2 heterocycles. The van der Waals surface area contributed by atoms with Crippen LogP contribution >= 0.6 is 0 Å². The third-order valence-corrected chi connectivity index (χ3v) is 6.63. The van der Waals surface area contributed by atoms with E-state index in [-0.39, 0.29) is 23.5 Å². The number of carbonyl (C=O) groups excluding carboxylic acids is 2. The first-order valence-corrected chi connectivity index (χ1v) is 8.90. The van der Waals surface area contributed by atoms with Crippen LogP contribution in [0.5, 0.6) is 0 Å². The Labute approximate surface area is 141 Å². The Morgan fingerprint density at radius 2 is 2.00 bits per heavy atom. The molecule has 4 aliphatic rings. The predicted octanol–water partition coefficient (Wildman–Crippen LogP) is 2.07. The summed E-state index contributed by atoms with van der Waals surface area (Å²) in [4.78, 5) is 26.1. The Bertz CT molecular complexity index is 698. The molecule has 0 aromatic heterocycles. The fourth-order valence-corrected chi connectivity index (χ4v) is 5.11. The molecule has 5 nitrogen and oxygen atoms in total. The fraction of sp³-hybridized carbons (Fsp3) is 0.579. The van der Waals surface area contributed by atoms with Crippen molar-refractivity contribution in [1.29, 1.82) is 0 Å². The number of rotatable bonds is 2. The van der Waals surface area contributed by atoms with E-state index in [0.717, 1.165) is 32.4 Å². The molecular weight excluding hydrogens is 304 g/mol. The number of amides is 2. The van der Waals surface area contributed by atoms with E-state index in [1.165, 1.54) is 12.0 Å². The second-order valence-electron chi connectivity index (χ2n) is 8.04. The number of benzene rings is 1. The number of fused-ring (bicyclic) bond motifs is 1. The highest BCUT2D eigenvalue weighted by atomic mass is 16.6. The monoisotopic (exact) mass is 326 g/mol. The lowest BCUT2D eigenvalue weighted by Gasteiger charge is -2.44. The number of hydrogen-bond donors (Lipinski definition) is 1. The van der Waals surface area contributed by atoms with E-state index in [2.05, 4.69) is 40.5 Å². The maximum atomic E-state index is 12.8. The topological polar surface area (TPSA) is 58.6 Å². The van der Waals surface area contributed by atoms with Crippen molar-refractivity contribution in [3.8, 4) is 0 Å². The van der Waals surface area contributed by atoms with E-state index in [1.54, 1.807) is 0 Å². The van der Waals surface area contributed by atoms with Gasteiger partial charge in [-0.05, 0) is 37.2 Å². The van der Waals surface area contributed by atoms with Crippen LogP contribution in [0.1, 0.15) is 31.2 Å². The molecule has 5 heteroatoms. The van der Waals surface area contributed by atoms with Crippen LogP contribution in [0.2, 0.25) is 0 Å². The summed E-state index contributed by atoms with van der Waals surface area (Å²) < 4.78 is 5.00. The van der Waals surface area contributed by atoms with Crippen molar-refractivity contribution in [2.45, 2.75) is 36.6 Å². The molecule has 2 saturated carbocycles. The van der Waals surface area contributed by atoms with Crippen LogP contribution in [0.3, 0.4) is 0 Å². The molecule has 1 unspecified atom stereocenters. The van der Waals surface area contributed by atoms with Gasteiger partial charge in [0.05, 0.1) is 5.54 Å². The minimum absolute atomic E-state index is 0.0509. The molecule has 1 aromatic carbocycles. The summed E-state index contributed by atoms with van der Waals surface area (Å²) in [6.07, 6.45) is 3.39. The van der Waals surface area contributed by atoms with E-state index >= 15 is 0 Å². The Hall–Kier alpha value is -2.04. The lowest BCUT2D eigenvalue weighted by molar-refractivity contribution is -0.142. The van der Waals surface area contributed by atoms with Crippen molar-refractivity contribution >= 4 is 12.0 Å². The van der Waals surface area contributed by atoms with Gasteiger partial charge < -0.3 is 15.0 Å². The summed E-state index contributed by atoms with van der Waals surface area (Å²) in [5, 5.41) is 2.87. The van der Waals surface area contributed by atoms with Crippen LogP contribution in [-0.2, 0) is 14.9 Å². The molecule has 2 atom stereocenters. The molecule has 24 heavy (non-hydrogen) atoms. The van der Waals surface area contributed by atoms with E-state index in [4.69, 9.17) is 4.74 Å². The molecule has 5 rings (SSSR count). The van der Waals surface area contributed by atoms with Crippen molar-refractivity contribution < 1.29 is 14.3 Å². The summed E-state index contributed by atoms with van der Waals surface area (Å²) in [5.74, 6) is 0.937. The van der Waals surface area contributed by atoms with E-state index < -0.39 is 0 Å². The zero-order valence-corrected chi connectivity index (χ0v) is 13.7. The van der Waals surface area contributed by atoms with Gasteiger partial charge in [0.1, 0.15) is 6.61 Å². The molecular formula is C19H22N2O3. The standard InChI is InChI=1S/C19H22N2O3/c22-16(13-8-18(9-13)12-24-17(23)20-18)21-7-6-19(10-15(19)11-21)14-4-2-1-3-5-14/h1-5,13,15H,6-12H2,(H,20,23)/t13-,15?,18+,19-/m0/s1. The van der Waals surface area contributed by atoms with Crippen LogP contribution in [0.15, 0.2) is 30.3 Å². The molecule has 2 aliphatic heterocycles. The Morgan fingerprint density at radius 1 is 1.21 bits per heavy atom. The highest BCUT2D eigenvalue weighted by Crippen LogP contribution is 2.59. The maximum Gasteiger partial charge on any atom is 0.407 e. The van der Waals surface area contributed by atoms with Crippen molar-refractivity contribution in [2.24, 2.45) is 11.8 Å². The molecule has 2 aliphatic carbocycles. The Balaban J connectivity index is 1.21. The average Bonchev–Trinajstić information content (AvgIpc) is 3.19. The highest BCUT2D eigenvalue weighted by molar-refractivity contribution is 5.82. The molecule has 4 fully saturated rings. The third-order valence-electron chi connectivity index (χ3n) is 6.63. The zero-order chi connectivity index (χ0) is 16.4. The molecule has 2 saturated heterocycles. The van der Waals surface area contributed by atoms with Crippen LogP contribution in [0.25, 0.3) is 0 Å². The van der Waals surface area contributed by atoms with E-state index in [1.807, 2.05) is 0 Å². The van der Waals surface area contributed by atoms with Gasteiger partial charge >= 0.3 is 6.09 Å². The number of piperidine rings is 1. The summed E-state index contributed by atoms with van der Waals surface area (Å²) in [7, 11) is 0. The minimum atomic E-state index is -0.343. The van der Waals surface area contributed by atoms with Gasteiger partial charge in [0, 0.05) is 24.4 Å². The van der Waals surface area contributed by atoms with E-state index in [9.17, 15) is 9.59 Å². The lowest BCUT2D eigenvalue weighted by atomic mass is 9.68. The molecule has 1 N–H and O–H groups in total. The summed E-state index contributed by atoms with van der Waals surface area (Å²) >= 11 is 0. The summed E-state index contributed by atoms with van der Waals surface area (Å²) in [5.41, 5.74) is 1.50. The van der Waals surface area contributed by atoms with Crippen LogP contribution in [-0.4, -0.2) is 42.1 Å². The summed E-state index contributed by atoms with van der Waals surface area (Å²) in [6, 6.07) is 10.8. The molecule has 1 aromatic rings. The number of carbonyl (C=O) groups is 2. The first-order valence-electron chi connectivity index (χ1n) is 8.90. The number of hydrogen-bond acceptors (Lipinski definition) is 3. The Kier molecular flexibility index (Phi) is 2.83. The number of ether oxygens (including phenoxy) is 1. The third kappa shape index (κ3) is 2.00. The largest absolute Gasteiger partial charge is 0.447 e. The van der Waals surface area contributed by atoms with Crippen LogP contribution in [0.4, 0.5) is 4.79 Å². The van der Waals surface area contributed by atoms with Gasteiger partial charge in [0.25, 0.3) is 0 Å². The fourth-order valence-electron chi connectivity index (χ4n) is 5.11. The van der Waals surface area contributed by atoms with Gasteiger partial charge in [-0.3, -0.25) is 4.79 Å². The highest BCUT2D eigenvalue weighted by Gasteiger charge is 2.59. The first kappa shape index (κ1) is 14.3. The second kappa shape index (κ2) is 4.74. The average molecular weight is 326 g/mol. The quantitative estimate of drug-likeness (QED) is 0.905. The number of nitrogens with zero attached hydrogens (tertiary/aromatic N) is 1. The number of alkyl carbamates (subject to hydrolysis) is 1. The molecule has 0 radical (unpaired) electrons. The summed E-state index contributed by atoms with van der Waals surface area (Å²) in [6.45, 7) is 2.16. The van der Waals surface area contributed by atoms with Gasteiger partial charge in [0.2, 0.25) is 5.91 Å². The zero-order valence-electron chi connectivity index (χ0n) is 13.7. The Morgan fingerprint density at radius 3 is 2.67 bits per heavy atom. The molecule has 126 valence electrons. The maximum absolute atomic E-state index is 12.8. The van der Waals surface area contributed by atoms with Crippen molar-refractivity contribution in [1.82, 2.24) is 10.2 Å². The van der Waals surface area contributed by atoms with Gasteiger partial charge in [0.15, 0.2) is 0 Å². The number of likely N-dealkylation sites (tertiary alicyclic amines) is 1. The molecule has 0 bridgehead atoms. The second-order valence-corrected chi connectivity index (χ2v) is 8.04.